The molecule has 0 fully saturated rings. The Labute approximate surface area is 164 Å². The molecule has 0 bridgehead atoms. The normalized spacial score (nSPS) is 11.9. The van der Waals surface area contributed by atoms with Gasteiger partial charge in [0.25, 0.3) is 0 Å². The standard InChI is InChI=1S/C18H28N3O7/c1-2-3-4-5-6-7-8-9-10-11-12-13-14-15-17(19(23)24)18(16-22,20(25)26)21(27)28/h17H,2-11,14-15H2,1H3. The van der Waals surface area contributed by atoms with Gasteiger partial charge < -0.3 is 0 Å². The van der Waals surface area contributed by atoms with Gasteiger partial charge in [0.1, 0.15) is 9.85 Å². The van der Waals surface area contributed by atoms with Gasteiger partial charge in [-0.15, -0.1) is 11.8 Å². The number of rotatable bonds is 16. The molecule has 0 N–H and O–H groups in total. The van der Waals surface area contributed by atoms with E-state index in [0.717, 1.165) is 19.3 Å². The molecule has 0 heterocycles. The molecule has 0 rings (SSSR count). The number of carbonyl (C=O) groups excluding carboxylic acids is 1. The van der Waals surface area contributed by atoms with E-state index in [-0.39, 0.29) is 6.42 Å². The molecule has 0 aliphatic heterocycles. The minimum Gasteiger partial charge on any atom is -0.273 e. The van der Waals surface area contributed by atoms with Crippen molar-refractivity contribution in [2.75, 3.05) is 0 Å². The van der Waals surface area contributed by atoms with E-state index in [1.165, 1.54) is 38.5 Å². The van der Waals surface area contributed by atoms with Crippen LogP contribution in [-0.2, 0) is 4.79 Å². The summed E-state index contributed by atoms with van der Waals surface area (Å²) in [6.07, 6.45) is 11.0. The Bertz CT molecular complexity index is 569. The lowest BCUT2D eigenvalue weighted by atomic mass is 9.98. The number of nitro groups is 3. The number of hydrogen-bond acceptors (Lipinski definition) is 7. The Morgan fingerprint density at radius 3 is 1.68 bits per heavy atom. The predicted octanol–water partition coefficient (Wildman–Crippen LogP) is 3.70. The highest BCUT2D eigenvalue weighted by Gasteiger charge is 2.71. The maximum absolute atomic E-state index is 11.0. The Hall–Kier alpha value is -2.57. The molecule has 10 heteroatoms. The van der Waals surface area contributed by atoms with Crippen LogP contribution in [0.3, 0.4) is 0 Å². The zero-order valence-corrected chi connectivity index (χ0v) is 16.3. The average Bonchev–Trinajstić information content (AvgIpc) is 2.63. The van der Waals surface area contributed by atoms with Crippen molar-refractivity contribution < 1.29 is 19.6 Å². The van der Waals surface area contributed by atoms with Crippen molar-refractivity contribution in [3.05, 3.63) is 30.3 Å². The quantitative estimate of drug-likeness (QED) is 0.127. The van der Waals surface area contributed by atoms with Crippen LogP contribution in [0.2, 0.25) is 0 Å². The third kappa shape index (κ3) is 8.41. The highest BCUT2D eigenvalue weighted by atomic mass is 16.7. The zero-order chi connectivity index (χ0) is 21.4. The Kier molecular flexibility index (Phi) is 13.2. The van der Waals surface area contributed by atoms with Crippen LogP contribution in [0.25, 0.3) is 0 Å². The molecule has 0 aromatic carbocycles. The first kappa shape index (κ1) is 25.4. The lowest BCUT2D eigenvalue weighted by Crippen LogP contribution is -2.59. The van der Waals surface area contributed by atoms with Crippen molar-refractivity contribution in [2.45, 2.75) is 95.7 Å². The van der Waals surface area contributed by atoms with E-state index in [1.54, 1.807) is 0 Å². The maximum Gasteiger partial charge on any atom is 0.588 e. The summed E-state index contributed by atoms with van der Waals surface area (Å²) in [5.41, 5.74) is -3.61. The number of nitrogens with zero attached hydrogens (tertiary/aromatic N) is 3. The molecular formula is C18H28N3O7. The van der Waals surface area contributed by atoms with Gasteiger partial charge in [-0.1, -0.05) is 58.3 Å². The topological polar surface area (TPSA) is 146 Å². The fraction of sp³-hybridized carbons (Fsp3) is 0.833. The van der Waals surface area contributed by atoms with Crippen molar-refractivity contribution >= 4 is 6.29 Å². The first-order valence-corrected chi connectivity index (χ1v) is 9.62. The van der Waals surface area contributed by atoms with Crippen LogP contribution in [0.1, 0.15) is 84.0 Å². The van der Waals surface area contributed by atoms with Gasteiger partial charge in [-0.25, -0.2) is 0 Å². The molecule has 28 heavy (non-hydrogen) atoms. The minimum absolute atomic E-state index is 0.145. The molecule has 0 aliphatic carbocycles. The number of unbranched alkanes of at least 4 members (excludes halogenated alkanes) is 9. The maximum atomic E-state index is 11.0. The molecule has 0 saturated carbocycles. The van der Waals surface area contributed by atoms with Crippen molar-refractivity contribution in [1.29, 1.82) is 0 Å². The van der Waals surface area contributed by atoms with Crippen LogP contribution < -0.4 is 0 Å². The van der Waals surface area contributed by atoms with Gasteiger partial charge in [-0.3, -0.25) is 35.1 Å². The molecule has 0 aliphatic rings. The largest absolute Gasteiger partial charge is 0.588 e. The van der Waals surface area contributed by atoms with Crippen molar-refractivity contribution in [3.8, 4) is 11.8 Å². The molecule has 0 amide bonds. The minimum atomic E-state index is -3.61. The van der Waals surface area contributed by atoms with E-state index in [9.17, 15) is 35.1 Å². The molecule has 0 aromatic rings. The second-order valence-corrected chi connectivity index (χ2v) is 6.61. The number of hydrogen-bond donors (Lipinski definition) is 0. The van der Waals surface area contributed by atoms with Crippen molar-refractivity contribution in [2.24, 2.45) is 0 Å². The predicted molar refractivity (Wildman–Crippen MR) is 102 cm³/mol. The van der Waals surface area contributed by atoms with Gasteiger partial charge in [-0.05, 0) is 6.42 Å². The van der Waals surface area contributed by atoms with E-state index in [2.05, 4.69) is 18.8 Å². The first-order chi connectivity index (χ1) is 13.3. The molecule has 157 valence electrons. The van der Waals surface area contributed by atoms with Gasteiger partial charge in [0.2, 0.25) is 0 Å². The highest BCUT2D eigenvalue weighted by molar-refractivity contribution is 5.61. The van der Waals surface area contributed by atoms with Gasteiger partial charge in [0.05, 0.1) is 0 Å². The van der Waals surface area contributed by atoms with Gasteiger partial charge in [0.15, 0.2) is 0 Å². The molecule has 0 saturated heterocycles. The molecule has 0 aromatic heterocycles. The molecule has 0 spiro atoms. The summed E-state index contributed by atoms with van der Waals surface area (Å²) < 4.78 is 0. The molecular weight excluding hydrogens is 370 g/mol. The summed E-state index contributed by atoms with van der Waals surface area (Å²) >= 11 is 0. The first-order valence-electron chi connectivity index (χ1n) is 9.62. The van der Waals surface area contributed by atoms with Crippen LogP contribution >= 0.6 is 0 Å². The zero-order valence-electron chi connectivity index (χ0n) is 16.3. The van der Waals surface area contributed by atoms with E-state index >= 15 is 0 Å². The van der Waals surface area contributed by atoms with Crippen LogP contribution in [0.15, 0.2) is 0 Å². The third-order valence-electron chi connectivity index (χ3n) is 4.50. The summed E-state index contributed by atoms with van der Waals surface area (Å²) in [6, 6.07) is -2.32. The monoisotopic (exact) mass is 398 g/mol. The lowest BCUT2D eigenvalue weighted by Gasteiger charge is -2.13. The average molecular weight is 398 g/mol. The fourth-order valence-electron chi connectivity index (χ4n) is 2.82. The molecule has 1 radical (unpaired) electrons. The van der Waals surface area contributed by atoms with E-state index < -0.39 is 32.9 Å². The SMILES string of the molecule is CCCCCCCCCCCC#CCCC([N+](=O)[O-])C([C]=O)([N+](=O)[O-])[N+](=O)[O-]. The second-order valence-electron chi connectivity index (χ2n) is 6.61. The van der Waals surface area contributed by atoms with E-state index in [1.807, 2.05) is 0 Å². The summed E-state index contributed by atoms with van der Waals surface area (Å²) in [4.78, 5) is 39.4. The van der Waals surface area contributed by atoms with Crippen LogP contribution in [0.5, 0.6) is 0 Å². The van der Waals surface area contributed by atoms with Crippen LogP contribution in [-0.4, -0.2) is 32.8 Å². The van der Waals surface area contributed by atoms with E-state index in [0.29, 0.717) is 12.7 Å². The Balaban J connectivity index is 4.29. The fourth-order valence-corrected chi connectivity index (χ4v) is 2.82. The molecule has 10 nitrogen and oxygen atoms in total. The van der Waals surface area contributed by atoms with Crippen molar-refractivity contribution in [3.63, 3.8) is 0 Å². The highest BCUT2D eigenvalue weighted by Crippen LogP contribution is 2.21. The molecule has 1 unspecified atom stereocenters. The Morgan fingerprint density at radius 1 is 0.786 bits per heavy atom. The van der Waals surface area contributed by atoms with Crippen LogP contribution in [0, 0.1) is 42.2 Å². The summed E-state index contributed by atoms with van der Waals surface area (Å²) in [7, 11) is 0. The Morgan fingerprint density at radius 2 is 1.25 bits per heavy atom. The van der Waals surface area contributed by atoms with E-state index in [4.69, 9.17) is 0 Å². The molecule has 1 atom stereocenters. The van der Waals surface area contributed by atoms with Gasteiger partial charge in [-0.2, -0.15) is 0 Å². The summed E-state index contributed by atoms with van der Waals surface area (Å²) in [5.74, 6) is 5.46. The summed E-state index contributed by atoms with van der Waals surface area (Å²) in [5, 5.41) is 32.9. The van der Waals surface area contributed by atoms with Gasteiger partial charge in [0, 0.05) is 24.2 Å². The third-order valence-corrected chi connectivity index (χ3v) is 4.50. The van der Waals surface area contributed by atoms with Crippen molar-refractivity contribution in [1.82, 2.24) is 0 Å². The second kappa shape index (κ2) is 14.5. The summed E-state index contributed by atoms with van der Waals surface area (Å²) in [6.45, 7) is 2.18. The van der Waals surface area contributed by atoms with Gasteiger partial charge >= 0.3 is 18.0 Å². The van der Waals surface area contributed by atoms with Crippen LogP contribution in [0.4, 0.5) is 0 Å². The smallest absolute Gasteiger partial charge is 0.273 e. The lowest BCUT2D eigenvalue weighted by molar-refractivity contribution is -0.810.